The zero-order valence-electron chi connectivity index (χ0n) is 11.7. The van der Waals surface area contributed by atoms with Crippen LogP contribution in [0.4, 0.5) is 10.1 Å². The van der Waals surface area contributed by atoms with Gasteiger partial charge in [0.15, 0.2) is 0 Å². The van der Waals surface area contributed by atoms with Gasteiger partial charge in [0.05, 0.1) is 21.8 Å². The van der Waals surface area contributed by atoms with Crippen LogP contribution in [0.5, 0.6) is 0 Å². The van der Waals surface area contributed by atoms with Crippen LogP contribution in [0.2, 0.25) is 10.0 Å². The molecule has 0 radical (unpaired) electrons. The molecule has 2 aliphatic rings. The number of benzene rings is 2. The Hall–Kier alpha value is -1.51. The normalized spacial score (nSPS) is 25.5. The number of rotatable bonds is 1. The Morgan fingerprint density at radius 2 is 1.82 bits per heavy atom. The lowest BCUT2D eigenvalue weighted by molar-refractivity contribution is 0.425. The number of anilines is 1. The van der Waals surface area contributed by atoms with Gasteiger partial charge in [-0.3, -0.25) is 0 Å². The van der Waals surface area contributed by atoms with Crippen LogP contribution in [0.3, 0.4) is 0 Å². The van der Waals surface area contributed by atoms with Crippen LogP contribution >= 0.6 is 23.2 Å². The summed E-state index contributed by atoms with van der Waals surface area (Å²) in [6.07, 6.45) is 5.45. The second kappa shape index (κ2) is 5.29. The Kier molecular flexibility index (Phi) is 3.39. The van der Waals surface area contributed by atoms with E-state index in [1.807, 2.05) is 24.3 Å². The molecule has 0 unspecified atom stereocenters. The molecule has 2 aromatic carbocycles. The summed E-state index contributed by atoms with van der Waals surface area (Å²) in [5, 5.41) is 4.64. The SMILES string of the molecule is Fc1ccc([C@@H]2Nc3c(ccc(Cl)c3Cl)[C@@H]3C=CC[C@H]32)cc1. The van der Waals surface area contributed by atoms with Gasteiger partial charge in [-0.15, -0.1) is 0 Å². The smallest absolute Gasteiger partial charge is 0.123 e. The van der Waals surface area contributed by atoms with Gasteiger partial charge in [0.2, 0.25) is 0 Å². The van der Waals surface area contributed by atoms with E-state index in [1.165, 1.54) is 17.7 Å². The molecule has 1 heterocycles. The predicted octanol–water partition coefficient (Wildman–Crippen LogP) is 5.96. The van der Waals surface area contributed by atoms with Gasteiger partial charge in [-0.05, 0) is 41.7 Å². The summed E-state index contributed by atoms with van der Waals surface area (Å²) < 4.78 is 13.2. The molecule has 4 heteroatoms. The zero-order chi connectivity index (χ0) is 15.3. The Bertz CT molecular complexity index is 754. The Morgan fingerprint density at radius 3 is 2.59 bits per heavy atom. The third kappa shape index (κ3) is 2.13. The van der Waals surface area contributed by atoms with Gasteiger partial charge in [0.1, 0.15) is 5.82 Å². The average molecular weight is 334 g/mol. The van der Waals surface area contributed by atoms with E-state index in [4.69, 9.17) is 23.2 Å². The summed E-state index contributed by atoms with van der Waals surface area (Å²) in [5.41, 5.74) is 3.16. The minimum atomic E-state index is -0.220. The maximum Gasteiger partial charge on any atom is 0.123 e. The minimum absolute atomic E-state index is 0.101. The van der Waals surface area contributed by atoms with Crippen molar-refractivity contribution in [2.45, 2.75) is 18.4 Å². The Labute approximate surface area is 138 Å². The summed E-state index contributed by atoms with van der Waals surface area (Å²) >= 11 is 12.6. The molecule has 0 saturated carbocycles. The zero-order valence-corrected chi connectivity index (χ0v) is 13.2. The molecular formula is C18H14Cl2FN. The Balaban J connectivity index is 1.82. The molecule has 4 rings (SSSR count). The molecule has 0 bridgehead atoms. The van der Waals surface area contributed by atoms with Gasteiger partial charge >= 0.3 is 0 Å². The fourth-order valence-electron chi connectivity index (χ4n) is 3.60. The maximum absolute atomic E-state index is 13.2. The van der Waals surface area contributed by atoms with Crippen molar-refractivity contribution in [3.05, 3.63) is 75.5 Å². The highest BCUT2D eigenvalue weighted by molar-refractivity contribution is 6.43. The molecule has 1 aliphatic heterocycles. The predicted molar refractivity (Wildman–Crippen MR) is 89.2 cm³/mol. The molecular weight excluding hydrogens is 320 g/mol. The van der Waals surface area contributed by atoms with E-state index in [-0.39, 0.29) is 11.9 Å². The monoisotopic (exact) mass is 333 g/mol. The molecule has 3 atom stereocenters. The highest BCUT2D eigenvalue weighted by atomic mass is 35.5. The quantitative estimate of drug-likeness (QED) is 0.635. The van der Waals surface area contributed by atoms with Crippen LogP contribution < -0.4 is 5.32 Å². The van der Waals surface area contributed by atoms with Crippen LogP contribution in [-0.4, -0.2) is 0 Å². The van der Waals surface area contributed by atoms with Gasteiger partial charge in [0, 0.05) is 5.92 Å². The van der Waals surface area contributed by atoms with Crippen molar-refractivity contribution in [3.8, 4) is 0 Å². The van der Waals surface area contributed by atoms with Gasteiger partial charge in [0.25, 0.3) is 0 Å². The number of halogens is 3. The molecule has 1 aliphatic carbocycles. The first-order chi connectivity index (χ1) is 10.6. The van der Waals surface area contributed by atoms with Crippen molar-refractivity contribution in [3.63, 3.8) is 0 Å². The molecule has 0 saturated heterocycles. The van der Waals surface area contributed by atoms with Crippen LogP contribution in [0.15, 0.2) is 48.6 Å². The molecule has 1 nitrogen and oxygen atoms in total. The molecule has 22 heavy (non-hydrogen) atoms. The van der Waals surface area contributed by atoms with E-state index in [0.717, 1.165) is 17.7 Å². The Morgan fingerprint density at radius 1 is 1.05 bits per heavy atom. The second-order valence-electron chi connectivity index (χ2n) is 5.85. The fraction of sp³-hybridized carbons (Fsp3) is 0.222. The van der Waals surface area contributed by atoms with Gasteiger partial charge in [-0.25, -0.2) is 4.39 Å². The molecule has 0 fully saturated rings. The van der Waals surface area contributed by atoms with E-state index in [2.05, 4.69) is 17.5 Å². The first kappa shape index (κ1) is 14.1. The number of fused-ring (bicyclic) bond motifs is 3. The lowest BCUT2D eigenvalue weighted by Crippen LogP contribution is -2.29. The van der Waals surface area contributed by atoms with Crippen molar-refractivity contribution < 1.29 is 4.39 Å². The van der Waals surface area contributed by atoms with Crippen LogP contribution in [0, 0.1) is 11.7 Å². The lowest BCUT2D eigenvalue weighted by Gasteiger charge is -2.38. The van der Waals surface area contributed by atoms with Gasteiger partial charge < -0.3 is 5.32 Å². The standard InChI is InChI=1S/C18H14Cl2FN/c19-15-9-8-14-12-2-1-3-13(12)17(22-18(14)16(15)20)10-4-6-11(21)7-5-10/h1-2,4-9,12-13,17,22H,3H2/t12-,13-,17+/m1/s1. The molecule has 0 aromatic heterocycles. The third-order valence-corrected chi connectivity index (χ3v) is 5.46. The summed E-state index contributed by atoms with van der Waals surface area (Å²) in [4.78, 5) is 0. The largest absolute Gasteiger partial charge is 0.376 e. The molecule has 2 aromatic rings. The summed E-state index contributed by atoms with van der Waals surface area (Å²) in [5.74, 6) is 0.512. The third-order valence-electron chi connectivity index (χ3n) is 4.66. The summed E-state index contributed by atoms with van der Waals surface area (Å²) in [6.45, 7) is 0. The van der Waals surface area contributed by atoms with Crippen molar-refractivity contribution in [2.75, 3.05) is 5.32 Å². The highest BCUT2D eigenvalue weighted by Crippen LogP contribution is 2.52. The lowest BCUT2D eigenvalue weighted by atomic mass is 9.77. The number of allylic oxidation sites excluding steroid dienone is 2. The summed E-state index contributed by atoms with van der Waals surface area (Å²) in [6, 6.07) is 10.7. The fourth-order valence-corrected chi connectivity index (χ4v) is 3.99. The van der Waals surface area contributed by atoms with Crippen LogP contribution in [0.1, 0.15) is 29.5 Å². The van der Waals surface area contributed by atoms with E-state index < -0.39 is 0 Å². The minimum Gasteiger partial charge on any atom is -0.376 e. The van der Waals surface area contributed by atoms with Crippen LogP contribution in [-0.2, 0) is 0 Å². The number of nitrogens with one attached hydrogen (secondary N) is 1. The van der Waals surface area contributed by atoms with Gasteiger partial charge in [-0.1, -0.05) is 53.6 Å². The van der Waals surface area contributed by atoms with Crippen molar-refractivity contribution >= 4 is 28.9 Å². The first-order valence-electron chi connectivity index (χ1n) is 7.31. The molecule has 0 amide bonds. The topological polar surface area (TPSA) is 12.0 Å². The maximum atomic E-state index is 13.2. The van der Waals surface area contributed by atoms with Crippen molar-refractivity contribution in [1.82, 2.24) is 0 Å². The molecule has 0 spiro atoms. The first-order valence-corrected chi connectivity index (χ1v) is 8.07. The van der Waals surface area contributed by atoms with Crippen LogP contribution in [0.25, 0.3) is 0 Å². The number of hydrogen-bond donors (Lipinski definition) is 1. The highest BCUT2D eigenvalue weighted by Gasteiger charge is 2.38. The molecule has 112 valence electrons. The van der Waals surface area contributed by atoms with E-state index >= 15 is 0 Å². The average Bonchev–Trinajstić information content (AvgIpc) is 3.01. The van der Waals surface area contributed by atoms with E-state index in [9.17, 15) is 4.39 Å². The molecule has 1 N–H and O–H groups in total. The van der Waals surface area contributed by atoms with E-state index in [1.54, 1.807) is 0 Å². The second-order valence-corrected chi connectivity index (χ2v) is 6.64. The van der Waals surface area contributed by atoms with E-state index in [0.29, 0.717) is 21.9 Å². The number of hydrogen-bond acceptors (Lipinski definition) is 1. The summed E-state index contributed by atoms with van der Waals surface area (Å²) in [7, 11) is 0. The van der Waals surface area contributed by atoms with Crippen molar-refractivity contribution in [1.29, 1.82) is 0 Å². The van der Waals surface area contributed by atoms with Gasteiger partial charge in [-0.2, -0.15) is 0 Å². The van der Waals surface area contributed by atoms with Crippen molar-refractivity contribution in [2.24, 2.45) is 5.92 Å².